The molecular weight excluding hydrogens is 877 g/mol. The van der Waals surface area contributed by atoms with Crippen molar-refractivity contribution in [2.45, 2.75) is 142 Å². The molecule has 2 aromatic carbocycles. The Morgan fingerprint density at radius 3 is 1.66 bits per heavy atom. The molecule has 0 bridgehead atoms. The van der Waals surface area contributed by atoms with Crippen molar-refractivity contribution in [1.29, 1.82) is 0 Å². The van der Waals surface area contributed by atoms with Gasteiger partial charge >= 0.3 is 0 Å². The maximum atomic E-state index is 14.5. The molecule has 0 saturated carbocycles. The second-order valence-electron chi connectivity index (χ2n) is 22.5. The lowest BCUT2D eigenvalue weighted by Gasteiger charge is -2.38. The highest BCUT2D eigenvalue weighted by Crippen LogP contribution is 2.43. The van der Waals surface area contributed by atoms with Gasteiger partial charge in [-0.2, -0.15) is 0 Å². The number of aryl methyl sites for hydroxylation is 1. The van der Waals surface area contributed by atoms with Crippen LogP contribution in [0.3, 0.4) is 0 Å². The Bertz CT molecular complexity index is 2100. The maximum absolute atomic E-state index is 14.5. The summed E-state index contributed by atoms with van der Waals surface area (Å²) in [7, 11) is -3.40. The van der Waals surface area contributed by atoms with Crippen LogP contribution in [-0.2, 0) is 23.5 Å². The molecule has 4 aliphatic rings. The van der Waals surface area contributed by atoms with Crippen molar-refractivity contribution in [2.24, 2.45) is 5.92 Å². The Morgan fingerprint density at radius 2 is 1.14 bits per heavy atom. The number of anilines is 2. The third-order valence-corrected chi connectivity index (χ3v) is 21.5. The number of benzene rings is 2. The van der Waals surface area contributed by atoms with Crippen molar-refractivity contribution in [3.63, 3.8) is 0 Å². The minimum absolute atomic E-state index is 0.0127. The topological polar surface area (TPSA) is 137 Å². The van der Waals surface area contributed by atoms with Crippen LogP contribution >= 0.6 is 0 Å². The summed E-state index contributed by atoms with van der Waals surface area (Å²) >= 11 is 0. The van der Waals surface area contributed by atoms with E-state index in [4.69, 9.17) is 28.1 Å². The zero-order chi connectivity index (χ0) is 47.8. The van der Waals surface area contributed by atoms with Crippen LogP contribution in [0.15, 0.2) is 24.3 Å². The van der Waals surface area contributed by atoms with Crippen LogP contribution in [-0.4, -0.2) is 136 Å². The molecule has 4 atom stereocenters. The molecular formula is C48H76N4O10Si3. The largest absolute Gasteiger partial charge is 0.493 e. The summed E-state index contributed by atoms with van der Waals surface area (Å²) in [5, 5.41) is -0.0127. The van der Waals surface area contributed by atoms with E-state index in [-0.39, 0.29) is 67.4 Å². The number of fused-ring (bicyclic) bond motifs is 4. The molecule has 4 heterocycles. The fourth-order valence-corrected chi connectivity index (χ4v) is 11.4. The van der Waals surface area contributed by atoms with Gasteiger partial charge in [0, 0.05) is 67.4 Å². The number of rotatable bonds is 19. The highest BCUT2D eigenvalue weighted by Gasteiger charge is 2.49. The SMILES string of the molecule is COc1cc2c(cc1OCCCOc1cc3c(cc1C)C(=O)N1C[C@H](O[Si](C)(C)C(C)(C)C)C[C@H]1C(=O)N3COCC[Si](C)(C)C)N(COCC[Si](C)(C)C)C(=O)[C@@H]1C[C@@H](C)CN1C2=O. The zero-order valence-electron chi connectivity index (χ0n) is 41.7. The second-order valence-corrected chi connectivity index (χ2v) is 38.5. The lowest BCUT2D eigenvalue weighted by atomic mass is 10.1. The van der Waals surface area contributed by atoms with Gasteiger partial charge < -0.3 is 37.9 Å². The van der Waals surface area contributed by atoms with Crippen molar-refractivity contribution in [3.8, 4) is 17.2 Å². The molecule has 0 aliphatic carbocycles. The van der Waals surface area contributed by atoms with E-state index in [0.29, 0.717) is 85.3 Å². The number of nitrogens with zero attached hydrogens (tertiary/aromatic N) is 4. The fraction of sp³-hybridized carbons (Fsp3) is 0.667. The summed E-state index contributed by atoms with van der Waals surface area (Å²) in [6, 6.07) is 7.69. The Hall–Kier alpha value is -3.75. The summed E-state index contributed by atoms with van der Waals surface area (Å²) < 4.78 is 37.5. The number of hydrogen-bond donors (Lipinski definition) is 0. The molecule has 4 amide bonds. The molecule has 2 fully saturated rings. The van der Waals surface area contributed by atoms with E-state index in [2.05, 4.69) is 80.1 Å². The van der Waals surface area contributed by atoms with E-state index in [1.807, 2.05) is 13.0 Å². The Labute approximate surface area is 390 Å². The summed E-state index contributed by atoms with van der Waals surface area (Å²) in [5.41, 5.74) is 2.50. The first-order valence-corrected chi connectivity index (χ1v) is 33.8. The Kier molecular flexibility index (Phi) is 15.5. The standard InChI is InChI=1S/C48H76N4O10Si3/c1-32-22-39-46(55)52(31-59-19-21-64(10,11)12)38-27-43(42(57-6)25-36(38)45(54)49(39)28-32)61-17-15-16-60-41-26-37-35(23-33(41)2)44(53)50-29-34(62-65(13,14)48(3,4)5)24-40(50)47(56)51(37)30-58-18-20-63(7,8)9/h23,25-27,32,34,39-40H,15-22,24,28-31H2,1-14H3/t32-,34-,39+,40+/m1/s1. The van der Waals surface area contributed by atoms with Crippen LogP contribution in [0.1, 0.15) is 73.2 Å². The molecule has 0 N–H and O–H groups in total. The van der Waals surface area contributed by atoms with Crippen LogP contribution in [0.25, 0.3) is 0 Å². The molecule has 0 radical (unpaired) electrons. The number of amides is 4. The quantitative estimate of drug-likeness (QED) is 0.0995. The first-order chi connectivity index (χ1) is 30.3. The normalized spacial score (nSPS) is 21.6. The van der Waals surface area contributed by atoms with Gasteiger partial charge in [-0.3, -0.25) is 29.0 Å². The average Bonchev–Trinajstić information content (AvgIpc) is 3.78. The summed E-state index contributed by atoms with van der Waals surface area (Å²) in [6.45, 7) is 31.1. The second kappa shape index (κ2) is 19.8. The third-order valence-electron chi connectivity index (χ3n) is 13.5. The summed E-state index contributed by atoms with van der Waals surface area (Å²) in [4.78, 5) is 63.7. The van der Waals surface area contributed by atoms with Crippen molar-refractivity contribution in [2.75, 3.05) is 69.9 Å². The van der Waals surface area contributed by atoms with Crippen molar-refractivity contribution >= 4 is 59.5 Å². The third kappa shape index (κ3) is 11.7. The molecule has 0 spiro atoms. The molecule has 2 aromatic rings. The van der Waals surface area contributed by atoms with E-state index >= 15 is 0 Å². The molecule has 0 unspecified atom stereocenters. The molecule has 360 valence electrons. The highest BCUT2D eigenvalue weighted by molar-refractivity contribution is 6.76. The van der Waals surface area contributed by atoms with Gasteiger partial charge in [-0.1, -0.05) is 67.0 Å². The predicted molar refractivity (Wildman–Crippen MR) is 263 cm³/mol. The lowest BCUT2D eigenvalue weighted by Crippen LogP contribution is -2.45. The van der Waals surface area contributed by atoms with Crippen molar-refractivity contribution in [3.05, 3.63) is 41.0 Å². The Morgan fingerprint density at radius 1 is 0.646 bits per heavy atom. The molecule has 17 heteroatoms. The molecule has 65 heavy (non-hydrogen) atoms. The minimum Gasteiger partial charge on any atom is -0.493 e. The van der Waals surface area contributed by atoms with Gasteiger partial charge in [-0.05, 0) is 67.2 Å². The first-order valence-electron chi connectivity index (χ1n) is 23.5. The van der Waals surface area contributed by atoms with Gasteiger partial charge in [0.25, 0.3) is 23.6 Å². The van der Waals surface area contributed by atoms with E-state index in [0.717, 1.165) is 17.7 Å². The lowest BCUT2D eigenvalue weighted by molar-refractivity contribution is -0.124. The van der Waals surface area contributed by atoms with E-state index < -0.39 is 36.5 Å². The highest BCUT2D eigenvalue weighted by atomic mass is 28.4. The van der Waals surface area contributed by atoms with Crippen LogP contribution in [0.2, 0.25) is 69.5 Å². The molecule has 6 rings (SSSR count). The maximum Gasteiger partial charge on any atom is 0.256 e. The fourth-order valence-electron chi connectivity index (χ4n) is 8.55. The smallest absolute Gasteiger partial charge is 0.256 e. The number of carbonyl (C=O) groups is 4. The number of methoxy groups -OCH3 is 1. The van der Waals surface area contributed by atoms with Gasteiger partial charge in [0.2, 0.25) is 0 Å². The summed E-state index contributed by atoms with van der Waals surface area (Å²) in [5.74, 6) is 0.796. The van der Waals surface area contributed by atoms with Crippen LogP contribution in [0, 0.1) is 12.8 Å². The van der Waals surface area contributed by atoms with Crippen LogP contribution in [0.5, 0.6) is 17.2 Å². The van der Waals surface area contributed by atoms with Gasteiger partial charge in [0.15, 0.2) is 19.8 Å². The molecule has 2 saturated heterocycles. The zero-order valence-corrected chi connectivity index (χ0v) is 44.7. The number of carbonyl (C=O) groups excluding carboxylic acids is 4. The van der Waals surface area contributed by atoms with Crippen molar-refractivity contribution < 1.29 is 47.3 Å². The molecule has 0 aromatic heterocycles. The summed E-state index contributed by atoms with van der Waals surface area (Å²) in [6.07, 6.45) is 1.27. The number of ether oxygens (including phenoxy) is 5. The predicted octanol–water partition coefficient (Wildman–Crippen LogP) is 8.62. The minimum atomic E-state index is -2.16. The van der Waals surface area contributed by atoms with Gasteiger partial charge in [-0.25, -0.2) is 0 Å². The van der Waals surface area contributed by atoms with Crippen molar-refractivity contribution in [1.82, 2.24) is 9.80 Å². The van der Waals surface area contributed by atoms with E-state index in [1.54, 1.807) is 37.8 Å². The monoisotopic (exact) mass is 952 g/mol. The van der Waals surface area contributed by atoms with E-state index in [9.17, 15) is 19.2 Å². The first kappa shape index (κ1) is 50.7. The van der Waals surface area contributed by atoms with Gasteiger partial charge in [-0.15, -0.1) is 0 Å². The van der Waals surface area contributed by atoms with Gasteiger partial charge in [0.05, 0.1) is 48.9 Å². The van der Waals surface area contributed by atoms with Crippen LogP contribution in [0.4, 0.5) is 11.4 Å². The Balaban J connectivity index is 1.18. The molecule has 14 nitrogen and oxygen atoms in total. The molecule has 4 aliphatic heterocycles. The number of hydrogen-bond acceptors (Lipinski definition) is 10. The average molecular weight is 953 g/mol. The van der Waals surface area contributed by atoms with E-state index in [1.165, 1.54) is 7.11 Å². The van der Waals surface area contributed by atoms with Crippen LogP contribution < -0.4 is 24.0 Å². The van der Waals surface area contributed by atoms with Gasteiger partial charge in [0.1, 0.15) is 31.3 Å².